The summed E-state index contributed by atoms with van der Waals surface area (Å²) in [6.07, 6.45) is 2.00. The van der Waals surface area contributed by atoms with Gasteiger partial charge in [0.1, 0.15) is 0 Å². The summed E-state index contributed by atoms with van der Waals surface area (Å²) in [5, 5.41) is 9.73. The Bertz CT molecular complexity index is 676. The smallest absolute Gasteiger partial charge is 0.155 e. The number of para-hydroxylation sites is 1. The Kier molecular flexibility index (Phi) is 4.00. The van der Waals surface area contributed by atoms with Crippen molar-refractivity contribution < 1.29 is 5.11 Å². The minimum absolute atomic E-state index is 0.475. The molecule has 3 rings (SSSR count). The molecule has 1 N–H and O–H groups in total. The first-order chi connectivity index (χ1) is 9.76. The van der Waals surface area contributed by atoms with E-state index in [0.29, 0.717) is 6.42 Å². The fraction of sp³-hybridized carbons (Fsp3) is 0.200. The van der Waals surface area contributed by atoms with Gasteiger partial charge in [-0.3, -0.25) is 4.98 Å². The molecule has 0 amide bonds. The first-order valence-electron chi connectivity index (χ1n) is 6.43. The van der Waals surface area contributed by atoms with Crippen molar-refractivity contribution in [1.82, 2.24) is 9.97 Å². The molecule has 3 nitrogen and oxygen atoms in total. The molecule has 3 aromatic rings. The van der Waals surface area contributed by atoms with Gasteiger partial charge in [0.15, 0.2) is 4.34 Å². The normalized spacial score (nSPS) is 12.7. The van der Waals surface area contributed by atoms with Crippen LogP contribution in [-0.2, 0) is 0 Å². The van der Waals surface area contributed by atoms with Crippen LogP contribution in [0.5, 0.6) is 0 Å². The number of aromatic nitrogens is 2. The highest BCUT2D eigenvalue weighted by molar-refractivity contribution is 8.01. The zero-order valence-electron chi connectivity index (χ0n) is 11.0. The topological polar surface area (TPSA) is 46.0 Å². The summed E-state index contributed by atoms with van der Waals surface area (Å²) >= 11 is 3.29. The lowest BCUT2D eigenvalue weighted by atomic mass is 10.2. The fourth-order valence-corrected chi connectivity index (χ4v) is 3.86. The van der Waals surface area contributed by atoms with Gasteiger partial charge in [-0.05, 0) is 30.7 Å². The van der Waals surface area contributed by atoms with Crippen molar-refractivity contribution in [3.8, 4) is 0 Å². The number of aliphatic hydroxyl groups is 1. The monoisotopic (exact) mass is 302 g/mol. The number of hydrogen-bond donors (Lipinski definition) is 1. The number of aliphatic hydroxyl groups excluding tert-OH is 1. The van der Waals surface area contributed by atoms with Crippen molar-refractivity contribution >= 4 is 33.3 Å². The van der Waals surface area contributed by atoms with Crippen LogP contribution in [0.4, 0.5) is 0 Å². The Morgan fingerprint density at radius 3 is 2.80 bits per heavy atom. The highest BCUT2D eigenvalue weighted by atomic mass is 32.2. The Morgan fingerprint density at radius 2 is 2.10 bits per heavy atom. The second kappa shape index (κ2) is 5.91. The molecule has 0 aliphatic rings. The van der Waals surface area contributed by atoms with E-state index in [9.17, 15) is 5.11 Å². The van der Waals surface area contributed by atoms with E-state index < -0.39 is 6.10 Å². The largest absolute Gasteiger partial charge is 0.387 e. The average Bonchev–Trinajstić information content (AvgIpc) is 2.89. The molecule has 0 aliphatic heterocycles. The Hall–Kier alpha value is -1.43. The van der Waals surface area contributed by atoms with E-state index >= 15 is 0 Å². The Balaban J connectivity index is 1.80. The number of fused-ring (bicyclic) bond motifs is 1. The van der Waals surface area contributed by atoms with Crippen molar-refractivity contribution in [1.29, 1.82) is 0 Å². The van der Waals surface area contributed by atoms with E-state index in [4.69, 9.17) is 0 Å². The summed E-state index contributed by atoms with van der Waals surface area (Å²) < 4.78 is 2.21. The first-order valence-corrected chi connectivity index (χ1v) is 8.07. The maximum atomic E-state index is 9.73. The van der Waals surface area contributed by atoms with Gasteiger partial charge in [-0.25, -0.2) is 4.98 Å². The SMILES string of the molecule is CCC(O)c1ccc(Sc2nc3ccccc3s2)cn1. The zero-order chi connectivity index (χ0) is 13.9. The number of benzene rings is 1. The number of hydrogen-bond acceptors (Lipinski definition) is 5. The third kappa shape index (κ3) is 2.85. The van der Waals surface area contributed by atoms with E-state index in [1.807, 2.05) is 37.3 Å². The van der Waals surface area contributed by atoms with Gasteiger partial charge in [-0.1, -0.05) is 30.8 Å². The summed E-state index contributed by atoms with van der Waals surface area (Å²) in [7, 11) is 0. The molecule has 0 bridgehead atoms. The molecule has 0 radical (unpaired) electrons. The van der Waals surface area contributed by atoms with Crippen molar-refractivity contribution in [3.05, 3.63) is 48.3 Å². The minimum Gasteiger partial charge on any atom is -0.387 e. The number of nitrogens with zero attached hydrogens (tertiary/aromatic N) is 2. The van der Waals surface area contributed by atoms with Crippen molar-refractivity contribution in [2.75, 3.05) is 0 Å². The van der Waals surface area contributed by atoms with E-state index in [0.717, 1.165) is 20.4 Å². The molecule has 0 aliphatic carbocycles. The van der Waals surface area contributed by atoms with Crippen molar-refractivity contribution in [2.24, 2.45) is 0 Å². The van der Waals surface area contributed by atoms with Crippen LogP contribution in [0.15, 0.2) is 51.8 Å². The van der Waals surface area contributed by atoms with Crippen molar-refractivity contribution in [3.63, 3.8) is 0 Å². The maximum absolute atomic E-state index is 9.73. The zero-order valence-corrected chi connectivity index (χ0v) is 12.6. The Morgan fingerprint density at radius 1 is 1.25 bits per heavy atom. The molecule has 0 saturated carbocycles. The summed E-state index contributed by atoms with van der Waals surface area (Å²) in [4.78, 5) is 9.93. The van der Waals surface area contributed by atoms with Gasteiger partial charge in [-0.2, -0.15) is 0 Å². The van der Waals surface area contributed by atoms with Gasteiger partial charge in [0.25, 0.3) is 0 Å². The molecule has 0 saturated heterocycles. The molecule has 1 atom stereocenters. The van der Waals surface area contributed by atoms with Gasteiger partial charge < -0.3 is 5.11 Å². The van der Waals surface area contributed by atoms with Gasteiger partial charge in [0.2, 0.25) is 0 Å². The number of rotatable bonds is 4. The van der Waals surface area contributed by atoms with Gasteiger partial charge in [0, 0.05) is 11.1 Å². The number of pyridine rings is 1. The van der Waals surface area contributed by atoms with Crippen LogP contribution < -0.4 is 0 Å². The lowest BCUT2D eigenvalue weighted by Gasteiger charge is -2.06. The van der Waals surface area contributed by atoms with Gasteiger partial charge >= 0.3 is 0 Å². The fourth-order valence-electron chi connectivity index (χ4n) is 1.85. The summed E-state index contributed by atoms with van der Waals surface area (Å²) in [5.41, 5.74) is 1.76. The molecule has 5 heteroatoms. The average molecular weight is 302 g/mol. The lowest BCUT2D eigenvalue weighted by molar-refractivity contribution is 0.169. The molecule has 2 aromatic heterocycles. The molecular weight excluding hydrogens is 288 g/mol. The standard InChI is InChI=1S/C15H14N2OS2/c1-2-13(18)11-8-7-10(9-16-11)19-15-17-12-5-3-4-6-14(12)20-15/h3-9,13,18H,2H2,1H3. The predicted octanol–water partition coefficient (Wildman–Crippen LogP) is 4.29. The minimum atomic E-state index is -0.475. The molecule has 20 heavy (non-hydrogen) atoms. The maximum Gasteiger partial charge on any atom is 0.155 e. The van der Waals surface area contributed by atoms with Crippen LogP contribution in [0, 0.1) is 0 Å². The molecule has 102 valence electrons. The number of thiazole rings is 1. The lowest BCUT2D eigenvalue weighted by Crippen LogP contribution is -1.97. The van der Waals surface area contributed by atoms with Crippen molar-refractivity contribution in [2.45, 2.75) is 28.7 Å². The molecule has 2 heterocycles. The van der Waals surface area contributed by atoms with E-state index in [-0.39, 0.29) is 0 Å². The van der Waals surface area contributed by atoms with Crippen LogP contribution in [0.3, 0.4) is 0 Å². The van der Waals surface area contributed by atoms with Crippen LogP contribution in [0.1, 0.15) is 25.1 Å². The third-order valence-corrected chi connectivity index (χ3v) is 5.04. The van der Waals surface area contributed by atoms with E-state index in [1.54, 1.807) is 29.3 Å². The van der Waals surface area contributed by atoms with Crippen LogP contribution in [0.2, 0.25) is 0 Å². The molecule has 0 spiro atoms. The van der Waals surface area contributed by atoms with Gasteiger partial charge in [-0.15, -0.1) is 11.3 Å². The quantitative estimate of drug-likeness (QED) is 0.781. The predicted molar refractivity (Wildman–Crippen MR) is 83.2 cm³/mol. The molecular formula is C15H14N2OS2. The van der Waals surface area contributed by atoms with E-state index in [1.165, 1.54) is 4.70 Å². The molecule has 1 aromatic carbocycles. The highest BCUT2D eigenvalue weighted by Gasteiger charge is 2.08. The van der Waals surface area contributed by atoms with Gasteiger partial charge in [0.05, 0.1) is 22.0 Å². The van der Waals surface area contributed by atoms with Crippen LogP contribution in [0.25, 0.3) is 10.2 Å². The second-order valence-electron chi connectivity index (χ2n) is 4.39. The second-order valence-corrected chi connectivity index (χ2v) is 6.74. The Labute approximate surface area is 125 Å². The summed E-state index contributed by atoms with van der Waals surface area (Å²) in [6, 6.07) is 12.0. The molecule has 1 unspecified atom stereocenters. The molecule has 0 fully saturated rings. The third-order valence-electron chi connectivity index (χ3n) is 2.97. The summed E-state index contributed by atoms with van der Waals surface area (Å²) in [5.74, 6) is 0. The summed E-state index contributed by atoms with van der Waals surface area (Å²) in [6.45, 7) is 1.94. The van der Waals surface area contributed by atoms with Crippen LogP contribution in [-0.4, -0.2) is 15.1 Å². The van der Waals surface area contributed by atoms with E-state index in [2.05, 4.69) is 16.0 Å². The first kappa shape index (κ1) is 13.5. The highest BCUT2D eigenvalue weighted by Crippen LogP contribution is 2.34. The van der Waals surface area contributed by atoms with Crippen LogP contribution >= 0.6 is 23.1 Å².